The zero-order valence-electron chi connectivity index (χ0n) is 10.1. The van der Waals surface area contributed by atoms with Crippen molar-refractivity contribution < 1.29 is 14.6 Å². The van der Waals surface area contributed by atoms with Crippen LogP contribution in [0.3, 0.4) is 0 Å². The molecule has 1 unspecified atom stereocenters. The second kappa shape index (κ2) is 4.96. The Morgan fingerprint density at radius 1 is 1.67 bits per heavy atom. The van der Waals surface area contributed by atoms with E-state index in [0.717, 1.165) is 12.1 Å². The van der Waals surface area contributed by atoms with Gasteiger partial charge in [-0.05, 0) is 24.6 Å². The summed E-state index contributed by atoms with van der Waals surface area (Å²) in [5.74, 6) is -0.374. The molecule has 0 aromatic heterocycles. The standard InChI is InChI=1S/C13H14N2O3/c1-15-10(3-2-6-14)8-18-12-7-9(13(16)17)4-5-11(12)15/h4-5,7,10H,2-3,8H2,1H3,(H,16,17). The molecule has 0 spiro atoms. The summed E-state index contributed by atoms with van der Waals surface area (Å²) >= 11 is 0. The molecule has 0 saturated heterocycles. The summed E-state index contributed by atoms with van der Waals surface area (Å²) < 4.78 is 5.58. The molecule has 0 amide bonds. The molecular weight excluding hydrogens is 232 g/mol. The average molecular weight is 246 g/mol. The van der Waals surface area contributed by atoms with Gasteiger partial charge in [-0.1, -0.05) is 0 Å². The van der Waals surface area contributed by atoms with Gasteiger partial charge in [-0.25, -0.2) is 4.79 Å². The minimum Gasteiger partial charge on any atom is -0.489 e. The van der Waals surface area contributed by atoms with E-state index < -0.39 is 5.97 Å². The number of hydrogen-bond donors (Lipinski definition) is 1. The van der Waals surface area contributed by atoms with Gasteiger partial charge in [-0.2, -0.15) is 5.26 Å². The summed E-state index contributed by atoms with van der Waals surface area (Å²) in [6.45, 7) is 0.480. The fourth-order valence-corrected chi connectivity index (χ4v) is 2.06. The molecule has 1 aromatic carbocycles. The Morgan fingerprint density at radius 3 is 3.11 bits per heavy atom. The molecule has 1 heterocycles. The summed E-state index contributed by atoms with van der Waals surface area (Å²) in [7, 11) is 1.93. The number of hydrogen-bond acceptors (Lipinski definition) is 4. The molecule has 0 bridgehead atoms. The summed E-state index contributed by atoms with van der Waals surface area (Å²) in [6, 6.07) is 7.13. The fraction of sp³-hybridized carbons (Fsp3) is 0.385. The Labute approximate surface area is 105 Å². The van der Waals surface area contributed by atoms with Crippen LogP contribution >= 0.6 is 0 Å². The van der Waals surface area contributed by atoms with Crippen LogP contribution in [-0.4, -0.2) is 30.8 Å². The van der Waals surface area contributed by atoms with Crippen molar-refractivity contribution >= 4 is 11.7 Å². The maximum absolute atomic E-state index is 10.9. The molecule has 2 rings (SSSR count). The Balaban J connectivity index is 2.23. The van der Waals surface area contributed by atoms with E-state index in [9.17, 15) is 4.79 Å². The highest BCUT2D eigenvalue weighted by atomic mass is 16.5. The van der Waals surface area contributed by atoms with E-state index in [1.54, 1.807) is 12.1 Å². The largest absolute Gasteiger partial charge is 0.489 e. The van der Waals surface area contributed by atoms with Crippen molar-refractivity contribution in [1.82, 2.24) is 0 Å². The lowest BCUT2D eigenvalue weighted by molar-refractivity contribution is 0.0696. The van der Waals surface area contributed by atoms with E-state index in [4.69, 9.17) is 15.1 Å². The smallest absolute Gasteiger partial charge is 0.335 e. The second-order valence-corrected chi connectivity index (χ2v) is 4.26. The van der Waals surface area contributed by atoms with E-state index in [1.807, 2.05) is 11.9 Å². The van der Waals surface area contributed by atoms with E-state index in [1.165, 1.54) is 6.07 Å². The van der Waals surface area contributed by atoms with Gasteiger partial charge >= 0.3 is 5.97 Å². The second-order valence-electron chi connectivity index (χ2n) is 4.26. The highest BCUT2D eigenvalue weighted by molar-refractivity contribution is 5.89. The lowest BCUT2D eigenvalue weighted by atomic mass is 10.1. The summed E-state index contributed by atoms with van der Waals surface area (Å²) in [4.78, 5) is 12.9. The van der Waals surface area contributed by atoms with E-state index >= 15 is 0 Å². The van der Waals surface area contributed by atoms with Crippen LogP contribution in [0.2, 0.25) is 0 Å². The van der Waals surface area contributed by atoms with Crippen LogP contribution in [0, 0.1) is 11.3 Å². The SMILES string of the molecule is CN1c2ccc(C(=O)O)cc2OCC1CCC#N. The Bertz CT molecular complexity index is 507. The van der Waals surface area contributed by atoms with Gasteiger partial charge in [0.2, 0.25) is 0 Å². The molecule has 1 N–H and O–H groups in total. The quantitative estimate of drug-likeness (QED) is 0.881. The van der Waals surface area contributed by atoms with Gasteiger partial charge in [-0.3, -0.25) is 0 Å². The number of nitrogens with zero attached hydrogens (tertiary/aromatic N) is 2. The fourth-order valence-electron chi connectivity index (χ4n) is 2.06. The van der Waals surface area contributed by atoms with Crippen LogP contribution in [0.25, 0.3) is 0 Å². The van der Waals surface area contributed by atoms with Crippen molar-refractivity contribution in [3.8, 4) is 11.8 Å². The van der Waals surface area contributed by atoms with Crippen molar-refractivity contribution in [2.45, 2.75) is 18.9 Å². The van der Waals surface area contributed by atoms with Gasteiger partial charge in [0, 0.05) is 13.5 Å². The number of likely N-dealkylation sites (N-methyl/N-ethyl adjacent to an activating group) is 1. The predicted molar refractivity (Wildman–Crippen MR) is 65.9 cm³/mol. The number of rotatable bonds is 3. The number of carbonyl (C=O) groups is 1. The zero-order chi connectivity index (χ0) is 13.1. The first-order chi connectivity index (χ1) is 8.63. The number of carboxylic acids is 1. The summed E-state index contributed by atoms with van der Waals surface area (Å²) in [5, 5.41) is 17.5. The molecule has 1 atom stereocenters. The Morgan fingerprint density at radius 2 is 2.44 bits per heavy atom. The van der Waals surface area contributed by atoms with Crippen LogP contribution in [0.5, 0.6) is 5.75 Å². The van der Waals surface area contributed by atoms with Crippen molar-refractivity contribution in [2.24, 2.45) is 0 Å². The number of ether oxygens (including phenoxy) is 1. The maximum atomic E-state index is 10.9. The molecule has 0 radical (unpaired) electrons. The van der Waals surface area contributed by atoms with Gasteiger partial charge in [0.15, 0.2) is 0 Å². The molecule has 94 valence electrons. The molecular formula is C13H14N2O3. The Kier molecular flexibility index (Phi) is 3.38. The van der Waals surface area contributed by atoms with Crippen molar-refractivity contribution in [2.75, 3.05) is 18.6 Å². The van der Waals surface area contributed by atoms with E-state index in [-0.39, 0.29) is 11.6 Å². The first kappa shape index (κ1) is 12.2. The van der Waals surface area contributed by atoms with Crippen molar-refractivity contribution in [3.63, 3.8) is 0 Å². The Hall–Kier alpha value is -2.22. The molecule has 5 heteroatoms. The number of fused-ring (bicyclic) bond motifs is 1. The normalized spacial score (nSPS) is 17.6. The van der Waals surface area contributed by atoms with Crippen LogP contribution in [0.1, 0.15) is 23.2 Å². The first-order valence-electron chi connectivity index (χ1n) is 5.73. The van der Waals surface area contributed by atoms with Crippen molar-refractivity contribution in [3.05, 3.63) is 23.8 Å². The highest BCUT2D eigenvalue weighted by Crippen LogP contribution is 2.34. The average Bonchev–Trinajstić information content (AvgIpc) is 2.37. The molecule has 0 fully saturated rings. The van der Waals surface area contributed by atoms with E-state index in [0.29, 0.717) is 18.8 Å². The van der Waals surface area contributed by atoms with Crippen LogP contribution in [0.4, 0.5) is 5.69 Å². The minimum atomic E-state index is -0.962. The maximum Gasteiger partial charge on any atom is 0.335 e. The lowest BCUT2D eigenvalue weighted by Gasteiger charge is -2.35. The number of anilines is 1. The molecule has 1 aliphatic rings. The molecule has 1 aliphatic heterocycles. The molecule has 18 heavy (non-hydrogen) atoms. The van der Waals surface area contributed by atoms with E-state index in [2.05, 4.69) is 6.07 Å². The van der Waals surface area contributed by atoms with Gasteiger partial charge in [0.1, 0.15) is 12.4 Å². The van der Waals surface area contributed by atoms with Crippen LogP contribution < -0.4 is 9.64 Å². The van der Waals surface area contributed by atoms with Crippen LogP contribution in [0.15, 0.2) is 18.2 Å². The summed E-state index contributed by atoms with van der Waals surface area (Å²) in [5.41, 5.74) is 1.09. The first-order valence-corrected chi connectivity index (χ1v) is 5.73. The van der Waals surface area contributed by atoms with Crippen LogP contribution in [-0.2, 0) is 0 Å². The van der Waals surface area contributed by atoms with Gasteiger partial charge in [-0.15, -0.1) is 0 Å². The molecule has 1 aromatic rings. The van der Waals surface area contributed by atoms with Gasteiger partial charge in [0.05, 0.1) is 23.4 Å². The third-order valence-electron chi connectivity index (χ3n) is 3.16. The topological polar surface area (TPSA) is 73.6 Å². The minimum absolute atomic E-state index is 0.160. The number of benzene rings is 1. The lowest BCUT2D eigenvalue weighted by Crippen LogP contribution is -2.40. The third kappa shape index (κ3) is 2.23. The summed E-state index contributed by atoms with van der Waals surface area (Å²) in [6.07, 6.45) is 1.23. The van der Waals surface area contributed by atoms with Crippen molar-refractivity contribution in [1.29, 1.82) is 5.26 Å². The van der Waals surface area contributed by atoms with Gasteiger partial charge in [0.25, 0.3) is 0 Å². The molecule has 0 aliphatic carbocycles. The number of aromatic carboxylic acids is 1. The number of carboxylic acid groups (broad SMARTS) is 1. The monoisotopic (exact) mass is 246 g/mol. The predicted octanol–water partition coefficient (Wildman–Crippen LogP) is 1.89. The van der Waals surface area contributed by atoms with Gasteiger partial charge < -0.3 is 14.7 Å². The molecule has 0 saturated carbocycles. The highest BCUT2D eigenvalue weighted by Gasteiger charge is 2.25. The molecule has 5 nitrogen and oxygen atoms in total. The third-order valence-corrected chi connectivity index (χ3v) is 3.16. The zero-order valence-corrected chi connectivity index (χ0v) is 10.1. The number of nitriles is 1.